The van der Waals surface area contributed by atoms with Crippen LogP contribution in [0.4, 0.5) is 11.4 Å². The lowest BCUT2D eigenvalue weighted by atomic mass is 10.1. The van der Waals surface area contributed by atoms with Crippen LogP contribution in [0.1, 0.15) is 11.1 Å². The fourth-order valence-corrected chi connectivity index (χ4v) is 2.57. The molecule has 23 heavy (non-hydrogen) atoms. The number of aromatic nitrogens is 1. The van der Waals surface area contributed by atoms with E-state index in [9.17, 15) is 0 Å². The van der Waals surface area contributed by atoms with Crippen LogP contribution >= 0.6 is 11.6 Å². The standard InChI is InChI=1S/C18H18ClN3O/c1-20-16-4-5-18(19)15(11-16)3-2-14-10-17(13-21-12-14)22-6-8-23-9-7-22/h4-5,10-13,20H,6-9H2,1H3. The first-order valence-corrected chi connectivity index (χ1v) is 7.91. The number of benzene rings is 1. The topological polar surface area (TPSA) is 37.4 Å². The Bertz CT molecular complexity index is 745. The Morgan fingerprint density at radius 1 is 1.17 bits per heavy atom. The number of morpholine rings is 1. The second-order valence-corrected chi connectivity index (χ2v) is 5.63. The lowest BCUT2D eigenvalue weighted by Gasteiger charge is -2.28. The smallest absolute Gasteiger partial charge is 0.0642 e. The number of hydrogen-bond donors (Lipinski definition) is 1. The predicted molar refractivity (Wildman–Crippen MR) is 94.2 cm³/mol. The van der Waals surface area contributed by atoms with Crippen molar-refractivity contribution in [3.05, 3.63) is 52.8 Å². The summed E-state index contributed by atoms with van der Waals surface area (Å²) < 4.78 is 5.38. The van der Waals surface area contributed by atoms with Gasteiger partial charge in [0.25, 0.3) is 0 Å². The Kier molecular flexibility index (Phi) is 5.02. The average Bonchev–Trinajstić information content (AvgIpc) is 2.62. The van der Waals surface area contributed by atoms with Crippen LogP contribution in [0.15, 0.2) is 36.7 Å². The second kappa shape index (κ2) is 7.36. The van der Waals surface area contributed by atoms with Crippen LogP contribution in [-0.4, -0.2) is 38.3 Å². The van der Waals surface area contributed by atoms with E-state index < -0.39 is 0 Å². The zero-order valence-electron chi connectivity index (χ0n) is 13.0. The Balaban J connectivity index is 1.84. The molecule has 0 aliphatic carbocycles. The van der Waals surface area contributed by atoms with Gasteiger partial charge in [0.2, 0.25) is 0 Å². The van der Waals surface area contributed by atoms with Gasteiger partial charge in [0, 0.05) is 43.1 Å². The van der Waals surface area contributed by atoms with E-state index in [0.717, 1.165) is 48.8 Å². The molecule has 0 spiro atoms. The molecule has 1 aromatic heterocycles. The van der Waals surface area contributed by atoms with Crippen LogP contribution in [0.3, 0.4) is 0 Å². The summed E-state index contributed by atoms with van der Waals surface area (Å²) >= 11 is 6.20. The number of nitrogens with zero attached hydrogens (tertiary/aromatic N) is 2. The molecule has 1 aliphatic rings. The number of hydrogen-bond acceptors (Lipinski definition) is 4. The van der Waals surface area contributed by atoms with Gasteiger partial charge in [-0.2, -0.15) is 0 Å². The highest BCUT2D eigenvalue weighted by Gasteiger charge is 2.11. The van der Waals surface area contributed by atoms with E-state index in [2.05, 4.69) is 33.1 Å². The Morgan fingerprint density at radius 2 is 2.00 bits per heavy atom. The summed E-state index contributed by atoms with van der Waals surface area (Å²) in [4.78, 5) is 6.56. The molecule has 0 bridgehead atoms. The first-order valence-electron chi connectivity index (χ1n) is 7.53. The van der Waals surface area contributed by atoms with Gasteiger partial charge in [-0.1, -0.05) is 23.4 Å². The van der Waals surface area contributed by atoms with E-state index in [4.69, 9.17) is 16.3 Å². The normalized spacial score (nSPS) is 14.1. The quantitative estimate of drug-likeness (QED) is 0.860. The SMILES string of the molecule is CNc1ccc(Cl)c(C#Cc2cncc(N3CCOCC3)c2)c1. The van der Waals surface area contributed by atoms with Crippen LogP contribution < -0.4 is 10.2 Å². The third-order valence-electron chi connectivity index (χ3n) is 3.70. The Labute approximate surface area is 141 Å². The van der Waals surface area contributed by atoms with E-state index in [0.29, 0.717) is 5.02 Å². The van der Waals surface area contributed by atoms with Gasteiger partial charge in [-0.15, -0.1) is 0 Å². The fourth-order valence-electron chi connectivity index (χ4n) is 2.41. The molecule has 2 heterocycles. The molecule has 0 amide bonds. The predicted octanol–water partition coefficient (Wildman–Crippen LogP) is 3.01. The third-order valence-corrected chi connectivity index (χ3v) is 4.03. The molecule has 0 atom stereocenters. The molecule has 1 aliphatic heterocycles. The number of halogens is 1. The van der Waals surface area contributed by atoms with Gasteiger partial charge < -0.3 is 15.0 Å². The molecule has 1 N–H and O–H groups in total. The van der Waals surface area contributed by atoms with Crippen molar-refractivity contribution in [2.75, 3.05) is 43.6 Å². The number of anilines is 2. The molecule has 118 valence electrons. The van der Waals surface area contributed by atoms with Crippen molar-refractivity contribution in [2.45, 2.75) is 0 Å². The fraction of sp³-hybridized carbons (Fsp3) is 0.278. The summed E-state index contributed by atoms with van der Waals surface area (Å²) in [5.74, 6) is 6.28. The van der Waals surface area contributed by atoms with E-state index in [-0.39, 0.29) is 0 Å². The highest BCUT2D eigenvalue weighted by molar-refractivity contribution is 6.31. The van der Waals surface area contributed by atoms with Gasteiger partial charge in [-0.3, -0.25) is 4.98 Å². The van der Waals surface area contributed by atoms with Gasteiger partial charge in [0.05, 0.1) is 30.1 Å². The molecule has 1 fully saturated rings. The van der Waals surface area contributed by atoms with E-state index in [1.807, 2.05) is 31.4 Å². The largest absolute Gasteiger partial charge is 0.388 e. The Hall–Kier alpha value is -2.22. The van der Waals surface area contributed by atoms with E-state index >= 15 is 0 Å². The second-order valence-electron chi connectivity index (χ2n) is 5.23. The van der Waals surface area contributed by atoms with Crippen molar-refractivity contribution >= 4 is 23.0 Å². The van der Waals surface area contributed by atoms with Crippen molar-refractivity contribution in [2.24, 2.45) is 0 Å². The first-order chi connectivity index (χ1) is 11.3. The van der Waals surface area contributed by atoms with Crippen molar-refractivity contribution in [3.8, 4) is 11.8 Å². The molecule has 3 rings (SSSR count). The Morgan fingerprint density at radius 3 is 2.78 bits per heavy atom. The summed E-state index contributed by atoms with van der Waals surface area (Å²) in [5.41, 5.74) is 3.74. The molecule has 0 radical (unpaired) electrons. The molecule has 5 heteroatoms. The van der Waals surface area contributed by atoms with Crippen LogP contribution in [0, 0.1) is 11.8 Å². The van der Waals surface area contributed by atoms with Gasteiger partial charge in [0.1, 0.15) is 0 Å². The summed E-state index contributed by atoms with van der Waals surface area (Å²) in [7, 11) is 1.87. The number of ether oxygens (including phenoxy) is 1. The minimum absolute atomic E-state index is 0.647. The van der Waals surface area contributed by atoms with Crippen LogP contribution in [0.2, 0.25) is 5.02 Å². The highest BCUT2D eigenvalue weighted by Crippen LogP contribution is 2.20. The third kappa shape index (κ3) is 3.95. The molecule has 2 aromatic rings. The maximum Gasteiger partial charge on any atom is 0.0642 e. The van der Waals surface area contributed by atoms with Gasteiger partial charge >= 0.3 is 0 Å². The molecule has 1 saturated heterocycles. The lowest BCUT2D eigenvalue weighted by Crippen LogP contribution is -2.36. The van der Waals surface area contributed by atoms with Gasteiger partial charge in [-0.25, -0.2) is 0 Å². The summed E-state index contributed by atoms with van der Waals surface area (Å²) in [5, 5.41) is 3.73. The minimum atomic E-state index is 0.647. The van der Waals surface area contributed by atoms with Crippen LogP contribution in [0.25, 0.3) is 0 Å². The zero-order chi connectivity index (χ0) is 16.1. The van der Waals surface area contributed by atoms with Crippen molar-refractivity contribution in [1.82, 2.24) is 4.98 Å². The van der Waals surface area contributed by atoms with Gasteiger partial charge in [0.15, 0.2) is 0 Å². The van der Waals surface area contributed by atoms with E-state index in [1.165, 1.54) is 0 Å². The van der Waals surface area contributed by atoms with Gasteiger partial charge in [-0.05, 0) is 24.3 Å². The molecule has 1 aromatic carbocycles. The number of nitrogens with one attached hydrogen (secondary N) is 1. The average molecular weight is 328 g/mol. The zero-order valence-corrected chi connectivity index (χ0v) is 13.7. The van der Waals surface area contributed by atoms with Crippen LogP contribution in [0.5, 0.6) is 0 Å². The highest BCUT2D eigenvalue weighted by atomic mass is 35.5. The van der Waals surface area contributed by atoms with Crippen molar-refractivity contribution in [3.63, 3.8) is 0 Å². The van der Waals surface area contributed by atoms with Crippen molar-refractivity contribution < 1.29 is 4.74 Å². The van der Waals surface area contributed by atoms with Crippen LogP contribution in [-0.2, 0) is 4.74 Å². The number of rotatable bonds is 2. The number of pyridine rings is 1. The minimum Gasteiger partial charge on any atom is -0.388 e. The first kappa shape index (κ1) is 15.7. The van der Waals surface area contributed by atoms with E-state index in [1.54, 1.807) is 6.20 Å². The monoisotopic (exact) mass is 327 g/mol. The lowest BCUT2D eigenvalue weighted by molar-refractivity contribution is 0.122. The molecule has 0 saturated carbocycles. The summed E-state index contributed by atoms with van der Waals surface area (Å²) in [6.45, 7) is 3.27. The van der Waals surface area contributed by atoms with Crippen molar-refractivity contribution in [1.29, 1.82) is 0 Å². The summed E-state index contributed by atoms with van der Waals surface area (Å²) in [6.07, 6.45) is 3.64. The molecule has 4 nitrogen and oxygen atoms in total. The molecular weight excluding hydrogens is 310 g/mol. The molecular formula is C18H18ClN3O. The maximum atomic E-state index is 6.20. The molecule has 0 unspecified atom stereocenters. The summed E-state index contributed by atoms with van der Waals surface area (Å²) in [6, 6.07) is 7.77. The maximum absolute atomic E-state index is 6.20.